The Morgan fingerprint density at radius 1 is 1.41 bits per heavy atom. The van der Waals surface area contributed by atoms with Gasteiger partial charge in [-0.2, -0.15) is 0 Å². The van der Waals surface area contributed by atoms with Gasteiger partial charge in [-0.25, -0.2) is 4.79 Å². The second-order valence-corrected chi connectivity index (χ2v) is 6.02. The molecule has 1 unspecified atom stereocenters. The highest BCUT2D eigenvalue weighted by Gasteiger charge is 2.28. The van der Waals surface area contributed by atoms with E-state index in [1.165, 1.54) is 0 Å². The van der Waals surface area contributed by atoms with Crippen LogP contribution in [0.5, 0.6) is 0 Å². The molecule has 0 radical (unpaired) electrons. The summed E-state index contributed by atoms with van der Waals surface area (Å²) in [6, 6.07) is 0. The zero-order chi connectivity index (χ0) is 13.1. The molecule has 100 valence electrons. The van der Waals surface area contributed by atoms with Crippen molar-refractivity contribution in [3.05, 3.63) is 0 Å². The molecule has 2 N–H and O–H groups in total. The van der Waals surface area contributed by atoms with Gasteiger partial charge < -0.3 is 15.4 Å². The minimum atomic E-state index is -0.404. The second-order valence-electron chi connectivity index (χ2n) is 6.02. The molecule has 1 heterocycles. The van der Waals surface area contributed by atoms with E-state index in [1.54, 1.807) is 0 Å². The van der Waals surface area contributed by atoms with Gasteiger partial charge in [-0.15, -0.1) is 0 Å². The van der Waals surface area contributed by atoms with Gasteiger partial charge in [-0.3, -0.25) is 0 Å². The van der Waals surface area contributed by atoms with E-state index in [-0.39, 0.29) is 6.09 Å². The van der Waals surface area contributed by atoms with Crippen molar-refractivity contribution in [2.75, 3.05) is 19.6 Å². The number of rotatable bonds is 2. The molecule has 1 aliphatic heterocycles. The Kier molecular flexibility index (Phi) is 4.80. The van der Waals surface area contributed by atoms with E-state index in [4.69, 9.17) is 10.5 Å². The lowest BCUT2D eigenvalue weighted by Gasteiger charge is -2.35. The van der Waals surface area contributed by atoms with Crippen LogP contribution < -0.4 is 5.73 Å². The zero-order valence-electron chi connectivity index (χ0n) is 11.5. The first-order chi connectivity index (χ1) is 7.83. The highest BCUT2D eigenvalue weighted by Crippen LogP contribution is 2.25. The van der Waals surface area contributed by atoms with Gasteiger partial charge in [0.2, 0.25) is 0 Å². The first-order valence-electron chi connectivity index (χ1n) is 6.51. The molecule has 1 saturated heterocycles. The maximum atomic E-state index is 11.8. The normalized spacial score (nSPS) is 20.2. The predicted molar refractivity (Wildman–Crippen MR) is 68.7 cm³/mol. The lowest BCUT2D eigenvalue weighted by atomic mass is 9.86. The molecule has 0 aromatic rings. The van der Waals surface area contributed by atoms with Crippen molar-refractivity contribution in [2.24, 2.45) is 17.6 Å². The number of hydrogen-bond acceptors (Lipinski definition) is 3. The third-order valence-corrected chi connectivity index (χ3v) is 3.37. The number of amides is 1. The van der Waals surface area contributed by atoms with E-state index in [9.17, 15) is 4.79 Å². The van der Waals surface area contributed by atoms with E-state index < -0.39 is 5.60 Å². The highest BCUT2D eigenvalue weighted by atomic mass is 16.6. The van der Waals surface area contributed by atoms with Crippen LogP contribution >= 0.6 is 0 Å². The summed E-state index contributed by atoms with van der Waals surface area (Å²) in [5.74, 6) is 1.20. The molecule has 1 atom stereocenters. The molecule has 4 heteroatoms. The first kappa shape index (κ1) is 14.3. The van der Waals surface area contributed by atoms with Crippen LogP contribution in [0.3, 0.4) is 0 Å². The zero-order valence-corrected chi connectivity index (χ0v) is 11.5. The third-order valence-electron chi connectivity index (χ3n) is 3.37. The average molecular weight is 242 g/mol. The summed E-state index contributed by atoms with van der Waals surface area (Å²) in [5, 5.41) is 0. The van der Waals surface area contributed by atoms with Crippen molar-refractivity contribution >= 4 is 6.09 Å². The number of likely N-dealkylation sites (tertiary alicyclic amines) is 1. The number of carbonyl (C=O) groups excluding carboxylic acids is 1. The lowest BCUT2D eigenvalue weighted by Crippen LogP contribution is -2.43. The number of piperidine rings is 1. The van der Waals surface area contributed by atoms with Gasteiger partial charge in [0.1, 0.15) is 5.60 Å². The van der Waals surface area contributed by atoms with Gasteiger partial charge in [0.15, 0.2) is 0 Å². The molecule has 1 rings (SSSR count). The molecule has 0 saturated carbocycles. The molecule has 1 aliphatic rings. The number of hydrogen-bond donors (Lipinski definition) is 1. The Hall–Kier alpha value is -0.770. The van der Waals surface area contributed by atoms with Crippen LogP contribution in [0.1, 0.15) is 40.5 Å². The van der Waals surface area contributed by atoms with E-state index in [0.717, 1.165) is 32.5 Å². The van der Waals surface area contributed by atoms with Crippen LogP contribution in [-0.4, -0.2) is 36.2 Å². The fourth-order valence-electron chi connectivity index (χ4n) is 2.17. The first-order valence-corrected chi connectivity index (χ1v) is 6.51. The Morgan fingerprint density at radius 2 is 1.94 bits per heavy atom. The quantitative estimate of drug-likeness (QED) is 0.808. The third kappa shape index (κ3) is 4.54. The van der Waals surface area contributed by atoms with E-state index >= 15 is 0 Å². The lowest BCUT2D eigenvalue weighted by molar-refractivity contribution is 0.0164. The average Bonchev–Trinajstić information content (AvgIpc) is 2.26. The summed E-state index contributed by atoms with van der Waals surface area (Å²) in [6.45, 7) is 10.2. The van der Waals surface area contributed by atoms with E-state index in [1.807, 2.05) is 25.7 Å². The fraction of sp³-hybridized carbons (Fsp3) is 0.923. The van der Waals surface area contributed by atoms with Crippen molar-refractivity contribution in [3.63, 3.8) is 0 Å². The van der Waals surface area contributed by atoms with E-state index in [2.05, 4.69) is 6.92 Å². The summed E-state index contributed by atoms with van der Waals surface area (Å²) in [7, 11) is 0. The number of carbonyl (C=O) groups is 1. The number of nitrogens with zero attached hydrogens (tertiary/aromatic N) is 1. The standard InChI is InChI=1S/C13H26N2O2/c1-10(9-14)11-5-7-15(8-6-11)12(16)17-13(2,3)4/h10-11H,5-9,14H2,1-4H3. The Morgan fingerprint density at radius 3 is 2.35 bits per heavy atom. The topological polar surface area (TPSA) is 55.6 Å². The van der Waals surface area contributed by atoms with Gasteiger partial charge in [0.25, 0.3) is 0 Å². The van der Waals surface area contributed by atoms with Crippen LogP contribution in [0.2, 0.25) is 0 Å². The SMILES string of the molecule is CC(CN)C1CCN(C(=O)OC(C)(C)C)CC1. The summed E-state index contributed by atoms with van der Waals surface area (Å²) in [6.07, 6.45) is 1.89. The number of nitrogens with two attached hydrogens (primary N) is 1. The van der Waals surface area contributed by atoms with Gasteiger partial charge in [0.05, 0.1) is 0 Å². The van der Waals surface area contributed by atoms with Crippen LogP contribution in [0, 0.1) is 11.8 Å². The number of ether oxygens (including phenoxy) is 1. The molecule has 0 bridgehead atoms. The van der Waals surface area contributed by atoms with Crippen molar-refractivity contribution in [1.82, 2.24) is 4.90 Å². The largest absolute Gasteiger partial charge is 0.444 e. The molecule has 17 heavy (non-hydrogen) atoms. The highest BCUT2D eigenvalue weighted by molar-refractivity contribution is 5.68. The molecule has 0 aromatic heterocycles. The maximum absolute atomic E-state index is 11.8. The van der Waals surface area contributed by atoms with Crippen LogP contribution in [0.15, 0.2) is 0 Å². The summed E-state index contributed by atoms with van der Waals surface area (Å²) in [4.78, 5) is 13.6. The van der Waals surface area contributed by atoms with Crippen LogP contribution in [0.4, 0.5) is 4.79 Å². The van der Waals surface area contributed by atoms with Gasteiger partial charge in [-0.05, 0) is 52.0 Å². The van der Waals surface area contributed by atoms with Crippen molar-refractivity contribution in [1.29, 1.82) is 0 Å². The fourth-order valence-corrected chi connectivity index (χ4v) is 2.17. The summed E-state index contributed by atoms with van der Waals surface area (Å²) >= 11 is 0. The van der Waals surface area contributed by atoms with Gasteiger partial charge >= 0.3 is 6.09 Å². The minimum Gasteiger partial charge on any atom is -0.444 e. The molecular formula is C13H26N2O2. The van der Waals surface area contributed by atoms with Gasteiger partial charge in [-0.1, -0.05) is 6.92 Å². The second kappa shape index (κ2) is 5.71. The molecule has 0 spiro atoms. The molecule has 1 amide bonds. The Bertz CT molecular complexity index is 253. The molecule has 4 nitrogen and oxygen atoms in total. The summed E-state index contributed by atoms with van der Waals surface area (Å²) in [5.41, 5.74) is 5.27. The molecular weight excluding hydrogens is 216 g/mol. The monoisotopic (exact) mass is 242 g/mol. The minimum absolute atomic E-state index is 0.184. The van der Waals surface area contributed by atoms with E-state index in [0.29, 0.717) is 11.8 Å². The van der Waals surface area contributed by atoms with Crippen molar-refractivity contribution < 1.29 is 9.53 Å². The maximum Gasteiger partial charge on any atom is 0.410 e. The van der Waals surface area contributed by atoms with Crippen LogP contribution in [-0.2, 0) is 4.74 Å². The smallest absolute Gasteiger partial charge is 0.410 e. The van der Waals surface area contributed by atoms with Gasteiger partial charge in [0, 0.05) is 13.1 Å². The molecule has 0 aliphatic carbocycles. The molecule has 1 fully saturated rings. The van der Waals surface area contributed by atoms with Crippen molar-refractivity contribution in [3.8, 4) is 0 Å². The Labute approximate surface area is 104 Å². The summed E-state index contributed by atoms with van der Waals surface area (Å²) < 4.78 is 5.36. The molecule has 0 aromatic carbocycles. The predicted octanol–water partition coefficient (Wildman–Crippen LogP) is 2.23. The van der Waals surface area contributed by atoms with Crippen LogP contribution in [0.25, 0.3) is 0 Å². The van der Waals surface area contributed by atoms with Crippen molar-refractivity contribution in [2.45, 2.75) is 46.1 Å². The Balaban J connectivity index is 2.39.